The third-order valence-corrected chi connectivity index (χ3v) is 4.80. The van der Waals surface area contributed by atoms with Gasteiger partial charge in [0.25, 0.3) is 0 Å². The predicted octanol–water partition coefficient (Wildman–Crippen LogP) is 5.54. The Labute approximate surface area is 135 Å². The van der Waals surface area contributed by atoms with Crippen LogP contribution in [-0.4, -0.2) is 12.6 Å². The molecule has 2 rings (SSSR count). The molecule has 1 aliphatic rings. The van der Waals surface area contributed by atoms with Crippen LogP contribution in [0.5, 0.6) is 0 Å². The highest BCUT2D eigenvalue weighted by atomic mass is 35.5. The van der Waals surface area contributed by atoms with Crippen molar-refractivity contribution < 1.29 is 0 Å². The van der Waals surface area contributed by atoms with E-state index in [0.29, 0.717) is 6.04 Å². The second-order valence-electron chi connectivity index (χ2n) is 6.45. The van der Waals surface area contributed by atoms with Crippen molar-refractivity contribution in [3.05, 3.63) is 34.3 Å². The van der Waals surface area contributed by atoms with Crippen molar-refractivity contribution in [2.75, 3.05) is 6.54 Å². The molecule has 2 heteroatoms. The lowest BCUT2D eigenvalue weighted by Crippen LogP contribution is -2.30. The van der Waals surface area contributed by atoms with Crippen LogP contribution in [0, 0.1) is 0 Å². The zero-order chi connectivity index (χ0) is 14.9. The van der Waals surface area contributed by atoms with E-state index in [1.165, 1.54) is 75.5 Å². The van der Waals surface area contributed by atoms with Crippen molar-refractivity contribution >= 4 is 11.6 Å². The molecule has 0 fully saturated rings. The van der Waals surface area contributed by atoms with Gasteiger partial charge in [-0.05, 0) is 49.1 Å². The smallest absolute Gasteiger partial charge is 0.0408 e. The molecule has 21 heavy (non-hydrogen) atoms. The fourth-order valence-electron chi connectivity index (χ4n) is 3.30. The maximum Gasteiger partial charge on any atom is 0.0408 e. The van der Waals surface area contributed by atoms with Crippen LogP contribution in [0.2, 0.25) is 5.02 Å². The van der Waals surface area contributed by atoms with E-state index >= 15 is 0 Å². The van der Waals surface area contributed by atoms with Crippen LogP contribution in [0.15, 0.2) is 18.2 Å². The quantitative estimate of drug-likeness (QED) is 0.560. The van der Waals surface area contributed by atoms with Gasteiger partial charge >= 0.3 is 0 Å². The summed E-state index contributed by atoms with van der Waals surface area (Å²) in [6.07, 6.45) is 13.5. The number of halogens is 1. The monoisotopic (exact) mass is 307 g/mol. The summed E-state index contributed by atoms with van der Waals surface area (Å²) in [4.78, 5) is 0. The van der Waals surface area contributed by atoms with E-state index in [1.54, 1.807) is 0 Å². The van der Waals surface area contributed by atoms with Crippen LogP contribution in [0.3, 0.4) is 0 Å². The highest BCUT2D eigenvalue weighted by molar-refractivity contribution is 6.30. The van der Waals surface area contributed by atoms with Crippen LogP contribution in [0.25, 0.3) is 0 Å². The highest BCUT2D eigenvalue weighted by Gasteiger charge is 2.20. The minimum absolute atomic E-state index is 0.628. The van der Waals surface area contributed by atoms with Crippen LogP contribution in [0.1, 0.15) is 69.4 Å². The maximum atomic E-state index is 6.06. The number of hydrogen-bond donors (Lipinski definition) is 1. The standard InChI is InChI=1S/C19H30ClN/c1-2-3-4-5-6-7-8-9-12-21-19-14-16-10-11-18(20)13-17(16)15-19/h10-11,13,19,21H,2-9,12,14-15H2,1H3. The van der Waals surface area contributed by atoms with Gasteiger partial charge in [0.2, 0.25) is 0 Å². The van der Waals surface area contributed by atoms with Gasteiger partial charge in [0.1, 0.15) is 0 Å². The summed E-state index contributed by atoms with van der Waals surface area (Å²) in [6, 6.07) is 6.97. The second kappa shape index (κ2) is 9.48. The third kappa shape index (κ3) is 6.00. The molecule has 1 aromatic carbocycles. The Morgan fingerprint density at radius 2 is 1.62 bits per heavy atom. The Kier molecular flexibility index (Phi) is 7.60. The molecule has 0 saturated heterocycles. The van der Waals surface area contributed by atoms with Gasteiger partial charge in [0.15, 0.2) is 0 Å². The Morgan fingerprint density at radius 3 is 2.38 bits per heavy atom. The number of nitrogens with one attached hydrogen (secondary N) is 1. The number of rotatable bonds is 10. The molecule has 0 amide bonds. The van der Waals surface area contributed by atoms with Crippen LogP contribution in [0.4, 0.5) is 0 Å². The highest BCUT2D eigenvalue weighted by Crippen LogP contribution is 2.25. The summed E-state index contributed by atoms with van der Waals surface area (Å²) in [7, 11) is 0. The minimum Gasteiger partial charge on any atom is -0.313 e. The number of unbranched alkanes of at least 4 members (excludes halogenated alkanes) is 7. The number of hydrogen-bond acceptors (Lipinski definition) is 1. The Morgan fingerprint density at radius 1 is 0.952 bits per heavy atom. The molecule has 118 valence electrons. The van der Waals surface area contributed by atoms with Crippen molar-refractivity contribution in [1.82, 2.24) is 5.32 Å². The summed E-state index contributed by atoms with van der Waals surface area (Å²) < 4.78 is 0. The molecule has 1 unspecified atom stereocenters. The molecule has 1 atom stereocenters. The van der Waals surface area contributed by atoms with Crippen molar-refractivity contribution in [2.24, 2.45) is 0 Å². The van der Waals surface area contributed by atoms with Crippen LogP contribution < -0.4 is 5.32 Å². The Balaban J connectivity index is 1.49. The summed E-state index contributed by atoms with van der Waals surface area (Å²) >= 11 is 6.06. The van der Waals surface area contributed by atoms with E-state index in [9.17, 15) is 0 Å². The summed E-state index contributed by atoms with van der Waals surface area (Å²) in [5.41, 5.74) is 2.92. The zero-order valence-electron chi connectivity index (χ0n) is 13.5. The topological polar surface area (TPSA) is 12.0 Å². The van der Waals surface area contributed by atoms with Gasteiger partial charge < -0.3 is 5.32 Å². The van der Waals surface area contributed by atoms with Crippen molar-refractivity contribution in [3.63, 3.8) is 0 Å². The van der Waals surface area contributed by atoms with E-state index in [1.807, 2.05) is 6.07 Å². The van der Waals surface area contributed by atoms with Gasteiger partial charge in [-0.3, -0.25) is 0 Å². The first-order chi connectivity index (χ1) is 10.3. The molecule has 1 aromatic rings. The third-order valence-electron chi connectivity index (χ3n) is 4.56. The predicted molar refractivity (Wildman–Crippen MR) is 93.3 cm³/mol. The Hall–Kier alpha value is -0.530. The van der Waals surface area contributed by atoms with E-state index in [2.05, 4.69) is 24.4 Å². The Bertz CT molecular complexity index is 416. The maximum absolute atomic E-state index is 6.06. The number of fused-ring (bicyclic) bond motifs is 1. The molecule has 0 aromatic heterocycles. The fraction of sp³-hybridized carbons (Fsp3) is 0.684. The normalized spacial score (nSPS) is 17.1. The molecule has 0 spiro atoms. The van der Waals surface area contributed by atoms with Gasteiger partial charge in [-0.2, -0.15) is 0 Å². The molecule has 0 heterocycles. The zero-order valence-corrected chi connectivity index (χ0v) is 14.2. The average molecular weight is 308 g/mol. The van der Waals surface area contributed by atoms with Gasteiger partial charge in [0, 0.05) is 11.1 Å². The first-order valence-electron chi connectivity index (χ1n) is 8.80. The van der Waals surface area contributed by atoms with Crippen molar-refractivity contribution in [2.45, 2.75) is 77.2 Å². The molecule has 0 saturated carbocycles. The van der Waals surface area contributed by atoms with E-state index < -0.39 is 0 Å². The molecule has 1 aliphatic carbocycles. The van der Waals surface area contributed by atoms with Gasteiger partial charge in [0.05, 0.1) is 0 Å². The first-order valence-corrected chi connectivity index (χ1v) is 9.18. The fourth-order valence-corrected chi connectivity index (χ4v) is 3.49. The van der Waals surface area contributed by atoms with Crippen LogP contribution >= 0.6 is 11.6 Å². The lowest BCUT2D eigenvalue weighted by atomic mass is 10.1. The lowest BCUT2D eigenvalue weighted by molar-refractivity contribution is 0.500. The minimum atomic E-state index is 0.628. The molecule has 0 radical (unpaired) electrons. The largest absolute Gasteiger partial charge is 0.313 e. The second-order valence-corrected chi connectivity index (χ2v) is 6.88. The van der Waals surface area contributed by atoms with Gasteiger partial charge in [-0.15, -0.1) is 0 Å². The van der Waals surface area contributed by atoms with Crippen molar-refractivity contribution in [1.29, 1.82) is 0 Å². The van der Waals surface area contributed by atoms with E-state index in [4.69, 9.17) is 11.6 Å². The summed E-state index contributed by atoms with van der Waals surface area (Å²) in [5.74, 6) is 0. The van der Waals surface area contributed by atoms with E-state index in [-0.39, 0.29) is 0 Å². The first kappa shape index (κ1) is 16.8. The number of benzene rings is 1. The lowest BCUT2D eigenvalue weighted by Gasteiger charge is -2.11. The molecule has 0 bridgehead atoms. The van der Waals surface area contributed by atoms with Crippen molar-refractivity contribution in [3.8, 4) is 0 Å². The summed E-state index contributed by atoms with van der Waals surface area (Å²) in [6.45, 7) is 3.45. The molecular weight excluding hydrogens is 278 g/mol. The molecule has 1 nitrogen and oxygen atoms in total. The molecular formula is C19H30ClN. The average Bonchev–Trinajstić information content (AvgIpc) is 2.87. The van der Waals surface area contributed by atoms with Gasteiger partial charge in [-0.25, -0.2) is 0 Å². The molecule has 0 aliphatic heterocycles. The van der Waals surface area contributed by atoms with Crippen LogP contribution in [-0.2, 0) is 12.8 Å². The molecule has 1 N–H and O–H groups in total. The SMILES string of the molecule is CCCCCCCCCCNC1Cc2ccc(Cl)cc2C1. The van der Waals surface area contributed by atoms with Gasteiger partial charge in [-0.1, -0.05) is 69.5 Å². The summed E-state index contributed by atoms with van der Waals surface area (Å²) in [5, 5.41) is 4.59. The van der Waals surface area contributed by atoms with E-state index in [0.717, 1.165) is 11.4 Å².